The number of oxime groups is 1. The van der Waals surface area contributed by atoms with Gasteiger partial charge in [-0.2, -0.15) is 0 Å². The SMILES string of the molecule is O=C(NC(=O)c1ccccc1)C(=NO)C(=O)NC(=O)c1ccccc1. The molecule has 0 aliphatic rings. The van der Waals surface area contributed by atoms with Crippen LogP contribution in [0.5, 0.6) is 0 Å². The van der Waals surface area contributed by atoms with Crippen molar-refractivity contribution in [1.82, 2.24) is 10.6 Å². The fourth-order valence-corrected chi connectivity index (χ4v) is 1.84. The number of hydrogen-bond donors (Lipinski definition) is 3. The third-order valence-corrected chi connectivity index (χ3v) is 3.06. The lowest BCUT2D eigenvalue weighted by Crippen LogP contribution is -2.45. The first kappa shape index (κ1) is 17.5. The van der Waals surface area contributed by atoms with Gasteiger partial charge in [0, 0.05) is 11.1 Å². The van der Waals surface area contributed by atoms with Crippen molar-refractivity contribution in [1.29, 1.82) is 0 Å². The van der Waals surface area contributed by atoms with E-state index < -0.39 is 29.3 Å². The van der Waals surface area contributed by atoms with Crippen LogP contribution in [0.15, 0.2) is 65.8 Å². The molecule has 126 valence electrons. The summed E-state index contributed by atoms with van der Waals surface area (Å²) >= 11 is 0. The van der Waals surface area contributed by atoms with E-state index >= 15 is 0 Å². The normalized spacial score (nSPS) is 9.60. The van der Waals surface area contributed by atoms with E-state index in [9.17, 15) is 19.2 Å². The molecule has 0 spiro atoms. The van der Waals surface area contributed by atoms with Crippen molar-refractivity contribution in [3.05, 3.63) is 71.8 Å². The van der Waals surface area contributed by atoms with Crippen molar-refractivity contribution in [2.24, 2.45) is 5.16 Å². The lowest BCUT2D eigenvalue weighted by Gasteiger charge is -2.06. The summed E-state index contributed by atoms with van der Waals surface area (Å²) in [7, 11) is 0. The van der Waals surface area contributed by atoms with Crippen LogP contribution in [0.4, 0.5) is 0 Å². The lowest BCUT2D eigenvalue weighted by molar-refractivity contribution is -0.118. The number of benzene rings is 2. The molecule has 0 fully saturated rings. The van der Waals surface area contributed by atoms with E-state index in [-0.39, 0.29) is 11.1 Å². The molecule has 2 aromatic rings. The summed E-state index contributed by atoms with van der Waals surface area (Å²) < 4.78 is 0. The maximum absolute atomic E-state index is 11.9. The minimum absolute atomic E-state index is 0.175. The molecule has 0 saturated carbocycles. The van der Waals surface area contributed by atoms with Crippen molar-refractivity contribution in [2.45, 2.75) is 0 Å². The summed E-state index contributed by atoms with van der Waals surface area (Å²) in [5.41, 5.74) is -0.670. The van der Waals surface area contributed by atoms with Crippen LogP contribution in [-0.4, -0.2) is 34.5 Å². The van der Waals surface area contributed by atoms with Gasteiger partial charge in [0.25, 0.3) is 23.6 Å². The van der Waals surface area contributed by atoms with E-state index in [1.165, 1.54) is 24.3 Å². The Bertz CT molecular complexity index is 764. The van der Waals surface area contributed by atoms with Crippen LogP contribution in [0.1, 0.15) is 20.7 Å². The number of nitrogens with one attached hydrogen (secondary N) is 2. The van der Waals surface area contributed by atoms with Gasteiger partial charge in [-0.1, -0.05) is 41.6 Å². The highest BCUT2D eigenvalue weighted by Gasteiger charge is 2.25. The van der Waals surface area contributed by atoms with Gasteiger partial charge < -0.3 is 5.21 Å². The van der Waals surface area contributed by atoms with Crippen molar-refractivity contribution in [3.63, 3.8) is 0 Å². The van der Waals surface area contributed by atoms with Gasteiger partial charge in [0.1, 0.15) is 0 Å². The highest BCUT2D eigenvalue weighted by Crippen LogP contribution is 1.99. The minimum Gasteiger partial charge on any atom is -0.410 e. The monoisotopic (exact) mass is 339 g/mol. The Hall–Kier alpha value is -3.81. The second kappa shape index (κ2) is 8.16. The van der Waals surface area contributed by atoms with Crippen molar-refractivity contribution in [3.8, 4) is 0 Å². The van der Waals surface area contributed by atoms with Crippen LogP contribution in [0.3, 0.4) is 0 Å². The zero-order valence-electron chi connectivity index (χ0n) is 12.8. The van der Waals surface area contributed by atoms with E-state index in [2.05, 4.69) is 5.16 Å². The molecule has 0 aromatic heterocycles. The maximum atomic E-state index is 11.9. The summed E-state index contributed by atoms with van der Waals surface area (Å²) in [5.74, 6) is -4.05. The first-order valence-electron chi connectivity index (χ1n) is 7.06. The van der Waals surface area contributed by atoms with Gasteiger partial charge in [-0.3, -0.25) is 29.8 Å². The fourth-order valence-electron chi connectivity index (χ4n) is 1.84. The molecule has 4 amide bonds. The van der Waals surface area contributed by atoms with E-state index in [0.29, 0.717) is 0 Å². The van der Waals surface area contributed by atoms with E-state index in [1.807, 2.05) is 10.6 Å². The van der Waals surface area contributed by atoms with Crippen LogP contribution in [-0.2, 0) is 9.59 Å². The molecule has 0 saturated heterocycles. The molecule has 8 nitrogen and oxygen atoms in total. The quantitative estimate of drug-likeness (QED) is 0.328. The summed E-state index contributed by atoms with van der Waals surface area (Å²) in [6, 6.07) is 15.5. The van der Waals surface area contributed by atoms with Crippen molar-refractivity contribution < 1.29 is 24.4 Å². The molecule has 0 bridgehead atoms. The second-order valence-electron chi connectivity index (χ2n) is 4.75. The Kier molecular flexibility index (Phi) is 5.72. The number of carbonyl (C=O) groups is 4. The van der Waals surface area contributed by atoms with Gasteiger partial charge >= 0.3 is 0 Å². The van der Waals surface area contributed by atoms with Crippen LogP contribution in [0.2, 0.25) is 0 Å². The number of imide groups is 2. The molecule has 0 heterocycles. The largest absolute Gasteiger partial charge is 0.410 e. The van der Waals surface area contributed by atoms with Gasteiger partial charge in [0.05, 0.1) is 0 Å². The maximum Gasteiger partial charge on any atom is 0.285 e. The number of rotatable bonds is 4. The van der Waals surface area contributed by atoms with E-state index in [0.717, 1.165) is 0 Å². The average Bonchev–Trinajstić information content (AvgIpc) is 2.63. The second-order valence-corrected chi connectivity index (χ2v) is 4.75. The highest BCUT2D eigenvalue weighted by molar-refractivity contribution is 6.66. The van der Waals surface area contributed by atoms with Gasteiger partial charge in [-0.25, -0.2) is 0 Å². The zero-order chi connectivity index (χ0) is 18.2. The first-order chi connectivity index (χ1) is 12.0. The summed E-state index contributed by atoms with van der Waals surface area (Å²) in [6.07, 6.45) is 0. The van der Waals surface area contributed by atoms with Gasteiger partial charge in [-0.15, -0.1) is 0 Å². The molecular weight excluding hydrogens is 326 g/mol. The Balaban J connectivity index is 2.03. The standard InChI is InChI=1S/C17H13N3O5/c21-14(11-7-3-1-4-8-11)18-16(23)13(20-25)17(24)19-15(22)12-9-5-2-6-10-12/h1-10,25H,(H,18,21,23)(H,19,22,24). The molecule has 0 unspecified atom stereocenters. The molecule has 0 radical (unpaired) electrons. The highest BCUT2D eigenvalue weighted by atomic mass is 16.4. The Morgan fingerprint density at radius 3 is 1.36 bits per heavy atom. The molecule has 0 atom stereocenters. The zero-order valence-corrected chi connectivity index (χ0v) is 12.8. The average molecular weight is 339 g/mol. The fraction of sp³-hybridized carbons (Fsp3) is 0. The van der Waals surface area contributed by atoms with Crippen LogP contribution < -0.4 is 10.6 Å². The predicted octanol–water partition coefficient (Wildman–Crippen LogP) is 0.730. The molecule has 0 aliphatic heterocycles. The molecule has 8 heteroatoms. The third-order valence-electron chi connectivity index (χ3n) is 3.06. The van der Waals surface area contributed by atoms with Gasteiger partial charge in [-0.05, 0) is 24.3 Å². The molecule has 2 rings (SSSR count). The van der Waals surface area contributed by atoms with Crippen LogP contribution in [0, 0.1) is 0 Å². The van der Waals surface area contributed by atoms with Crippen LogP contribution >= 0.6 is 0 Å². The Morgan fingerprint density at radius 1 is 0.680 bits per heavy atom. The molecular formula is C17H13N3O5. The number of nitrogens with zero attached hydrogens (tertiary/aromatic N) is 1. The molecule has 25 heavy (non-hydrogen) atoms. The van der Waals surface area contributed by atoms with E-state index in [1.54, 1.807) is 36.4 Å². The van der Waals surface area contributed by atoms with Crippen LogP contribution in [0.25, 0.3) is 0 Å². The number of hydrogen-bond acceptors (Lipinski definition) is 6. The van der Waals surface area contributed by atoms with Crippen molar-refractivity contribution >= 4 is 29.3 Å². The minimum atomic E-state index is -1.24. The summed E-state index contributed by atoms with van der Waals surface area (Å²) in [4.78, 5) is 47.6. The summed E-state index contributed by atoms with van der Waals surface area (Å²) in [6.45, 7) is 0. The lowest BCUT2D eigenvalue weighted by atomic mass is 10.2. The molecule has 2 aromatic carbocycles. The number of carbonyl (C=O) groups excluding carboxylic acids is 4. The van der Waals surface area contributed by atoms with Gasteiger partial charge in [0.2, 0.25) is 5.71 Å². The smallest absolute Gasteiger partial charge is 0.285 e. The Morgan fingerprint density at radius 2 is 1.04 bits per heavy atom. The summed E-state index contributed by atoms with van der Waals surface area (Å²) in [5, 5.41) is 15.2. The van der Waals surface area contributed by atoms with E-state index in [4.69, 9.17) is 5.21 Å². The third kappa shape index (κ3) is 4.58. The Labute approximate surface area is 142 Å². The molecule has 3 N–H and O–H groups in total. The molecule has 0 aliphatic carbocycles. The van der Waals surface area contributed by atoms with Gasteiger partial charge in [0.15, 0.2) is 0 Å². The van der Waals surface area contributed by atoms with Crippen molar-refractivity contribution in [2.75, 3.05) is 0 Å². The predicted molar refractivity (Wildman–Crippen MR) is 87.1 cm³/mol. The topological polar surface area (TPSA) is 125 Å². The first-order valence-corrected chi connectivity index (χ1v) is 7.06. The number of amides is 4.